The van der Waals surface area contributed by atoms with E-state index in [4.69, 9.17) is 9.47 Å². The van der Waals surface area contributed by atoms with Crippen LogP contribution < -0.4 is 10.2 Å². The molecule has 8 heteroatoms. The van der Waals surface area contributed by atoms with Gasteiger partial charge in [0.05, 0.1) is 31.9 Å². The molecule has 29 heavy (non-hydrogen) atoms. The van der Waals surface area contributed by atoms with Gasteiger partial charge in [0.25, 0.3) is 5.91 Å². The number of anilines is 1. The Morgan fingerprint density at radius 2 is 1.48 bits per heavy atom. The Morgan fingerprint density at radius 3 is 2.00 bits per heavy atom. The largest absolute Gasteiger partial charge is 0.462 e. The van der Waals surface area contributed by atoms with Gasteiger partial charge in [-0.15, -0.1) is 11.3 Å². The lowest BCUT2D eigenvalue weighted by atomic mass is 10.1. The third-order valence-corrected chi connectivity index (χ3v) is 5.71. The van der Waals surface area contributed by atoms with Crippen LogP contribution in [0.25, 0.3) is 0 Å². The number of hydrogen-bond donors (Lipinski definition) is 2. The van der Waals surface area contributed by atoms with Gasteiger partial charge in [0.1, 0.15) is 9.88 Å². The molecular formula is C21H35N2O5S+. The lowest BCUT2D eigenvalue weighted by Gasteiger charge is -2.18. The van der Waals surface area contributed by atoms with E-state index in [1.54, 1.807) is 20.8 Å². The van der Waals surface area contributed by atoms with E-state index in [2.05, 4.69) is 19.2 Å². The number of unbranched alkanes of at least 4 members (excludes halogenated alkanes) is 2. The molecule has 0 saturated heterocycles. The summed E-state index contributed by atoms with van der Waals surface area (Å²) in [6.45, 7) is 12.0. The second-order valence-electron chi connectivity index (χ2n) is 6.88. The van der Waals surface area contributed by atoms with Gasteiger partial charge in [-0.25, -0.2) is 9.59 Å². The number of carbonyl (C=O) groups excluding carboxylic acids is 3. The molecule has 0 aromatic carbocycles. The summed E-state index contributed by atoms with van der Waals surface area (Å²) in [5.74, 6) is -1.22. The molecule has 0 fully saturated rings. The second kappa shape index (κ2) is 13.3. The molecule has 0 saturated carbocycles. The normalized spacial score (nSPS) is 10.8. The Kier molecular flexibility index (Phi) is 11.5. The van der Waals surface area contributed by atoms with Crippen LogP contribution in [0.1, 0.15) is 79.0 Å². The van der Waals surface area contributed by atoms with Crippen molar-refractivity contribution in [3.63, 3.8) is 0 Å². The molecule has 1 heterocycles. The molecule has 2 N–H and O–H groups in total. The molecule has 1 aromatic heterocycles. The average molecular weight is 428 g/mol. The molecule has 0 aliphatic carbocycles. The molecular weight excluding hydrogens is 392 g/mol. The van der Waals surface area contributed by atoms with Crippen LogP contribution in [0.5, 0.6) is 0 Å². The Morgan fingerprint density at radius 1 is 0.931 bits per heavy atom. The summed E-state index contributed by atoms with van der Waals surface area (Å²) >= 11 is 1.06. The third kappa shape index (κ3) is 7.78. The highest BCUT2D eigenvalue weighted by Gasteiger charge is 2.28. The summed E-state index contributed by atoms with van der Waals surface area (Å²) in [6.07, 6.45) is 4.28. The zero-order chi connectivity index (χ0) is 21.8. The number of nitrogens with one attached hydrogen (secondary N) is 2. The minimum absolute atomic E-state index is 0.172. The fourth-order valence-corrected chi connectivity index (χ4v) is 4.10. The molecule has 7 nitrogen and oxygen atoms in total. The van der Waals surface area contributed by atoms with Crippen molar-refractivity contribution in [2.24, 2.45) is 0 Å². The molecule has 0 atom stereocenters. The average Bonchev–Trinajstić information content (AvgIpc) is 3.00. The summed E-state index contributed by atoms with van der Waals surface area (Å²) < 4.78 is 10.2. The first kappa shape index (κ1) is 25.1. The van der Waals surface area contributed by atoms with Crippen molar-refractivity contribution in [3.8, 4) is 0 Å². The Hall–Kier alpha value is -1.93. The second-order valence-corrected chi connectivity index (χ2v) is 7.90. The highest BCUT2D eigenvalue weighted by Crippen LogP contribution is 2.34. The summed E-state index contributed by atoms with van der Waals surface area (Å²) in [5, 5.41) is 3.19. The van der Waals surface area contributed by atoms with E-state index in [9.17, 15) is 14.4 Å². The van der Waals surface area contributed by atoms with Crippen molar-refractivity contribution in [1.82, 2.24) is 0 Å². The SMILES string of the molecule is CCCC[NH+](CCCC)CC(=O)Nc1sc(C(=O)OCC)c(C)c1C(=O)OCC. The summed E-state index contributed by atoms with van der Waals surface area (Å²) in [7, 11) is 0. The maximum Gasteiger partial charge on any atom is 0.348 e. The monoisotopic (exact) mass is 427 g/mol. The Labute approximate surface area is 177 Å². The number of amides is 1. The van der Waals surface area contributed by atoms with Gasteiger partial charge in [-0.1, -0.05) is 26.7 Å². The topological polar surface area (TPSA) is 86.1 Å². The molecule has 1 aromatic rings. The third-order valence-electron chi connectivity index (χ3n) is 4.52. The first-order valence-electron chi connectivity index (χ1n) is 10.5. The van der Waals surface area contributed by atoms with Crippen LogP contribution in [-0.2, 0) is 14.3 Å². The Balaban J connectivity index is 3.04. The highest BCUT2D eigenvalue weighted by atomic mass is 32.1. The van der Waals surface area contributed by atoms with E-state index in [-0.39, 0.29) is 24.7 Å². The molecule has 0 bridgehead atoms. The molecule has 0 aliphatic heterocycles. The predicted molar refractivity (Wildman–Crippen MR) is 115 cm³/mol. The van der Waals surface area contributed by atoms with Gasteiger partial charge < -0.3 is 19.7 Å². The van der Waals surface area contributed by atoms with E-state index in [1.807, 2.05) is 0 Å². The number of hydrogen-bond acceptors (Lipinski definition) is 6. The van der Waals surface area contributed by atoms with E-state index < -0.39 is 11.9 Å². The standard InChI is InChI=1S/C21H34N2O5S/c1-6-10-12-23(13-11-7-2)14-16(24)22-19-17(20(25)27-8-3)15(5)18(29-19)21(26)28-9-4/h6-14H2,1-5H3,(H,22,24)/p+1. The zero-order valence-corrected chi connectivity index (χ0v) is 19.1. The number of quaternary nitrogens is 1. The summed E-state index contributed by atoms with van der Waals surface area (Å²) in [6, 6.07) is 0. The zero-order valence-electron chi connectivity index (χ0n) is 18.3. The van der Waals surface area contributed by atoms with Gasteiger partial charge in [-0.05, 0) is 39.2 Å². The van der Waals surface area contributed by atoms with Gasteiger partial charge in [0.15, 0.2) is 6.54 Å². The number of esters is 2. The van der Waals surface area contributed by atoms with Crippen LogP contribution in [0.2, 0.25) is 0 Å². The number of ether oxygens (including phenoxy) is 2. The minimum atomic E-state index is -0.548. The van der Waals surface area contributed by atoms with E-state index in [1.165, 1.54) is 4.90 Å². The summed E-state index contributed by atoms with van der Waals surface area (Å²) in [4.78, 5) is 38.9. The fraction of sp³-hybridized carbons (Fsp3) is 0.667. The lowest BCUT2D eigenvalue weighted by molar-refractivity contribution is -0.892. The highest BCUT2D eigenvalue weighted by molar-refractivity contribution is 7.18. The van der Waals surface area contributed by atoms with Gasteiger partial charge in [0, 0.05) is 0 Å². The molecule has 0 aliphatic rings. The predicted octanol–water partition coefficient (Wildman–Crippen LogP) is 2.83. The van der Waals surface area contributed by atoms with Gasteiger partial charge in [-0.3, -0.25) is 4.79 Å². The Bertz CT molecular complexity index is 679. The molecule has 164 valence electrons. The smallest absolute Gasteiger partial charge is 0.348 e. The molecule has 1 rings (SSSR count). The molecule has 0 spiro atoms. The number of rotatable bonds is 13. The number of carbonyl (C=O) groups is 3. The first-order valence-corrected chi connectivity index (χ1v) is 11.3. The van der Waals surface area contributed by atoms with Gasteiger partial charge in [-0.2, -0.15) is 0 Å². The van der Waals surface area contributed by atoms with Crippen molar-refractivity contribution < 1.29 is 28.8 Å². The van der Waals surface area contributed by atoms with Gasteiger partial charge >= 0.3 is 11.9 Å². The van der Waals surface area contributed by atoms with Crippen molar-refractivity contribution in [2.75, 3.05) is 38.2 Å². The molecule has 0 unspecified atom stereocenters. The molecule has 0 radical (unpaired) electrons. The lowest BCUT2D eigenvalue weighted by Crippen LogP contribution is -3.13. The van der Waals surface area contributed by atoms with Crippen molar-refractivity contribution in [3.05, 3.63) is 16.0 Å². The van der Waals surface area contributed by atoms with Crippen LogP contribution >= 0.6 is 11.3 Å². The van der Waals surface area contributed by atoms with E-state index in [0.29, 0.717) is 22.0 Å². The van der Waals surface area contributed by atoms with Crippen molar-refractivity contribution >= 4 is 34.2 Å². The number of thiophene rings is 1. The van der Waals surface area contributed by atoms with Crippen LogP contribution in [0.15, 0.2) is 0 Å². The summed E-state index contributed by atoms with van der Waals surface area (Å²) in [5.41, 5.74) is 0.709. The van der Waals surface area contributed by atoms with E-state index in [0.717, 1.165) is 50.1 Å². The van der Waals surface area contributed by atoms with Crippen LogP contribution in [0.3, 0.4) is 0 Å². The van der Waals surface area contributed by atoms with Crippen molar-refractivity contribution in [1.29, 1.82) is 0 Å². The fourth-order valence-electron chi connectivity index (χ4n) is 3.00. The van der Waals surface area contributed by atoms with Crippen LogP contribution in [0.4, 0.5) is 5.00 Å². The minimum Gasteiger partial charge on any atom is -0.462 e. The van der Waals surface area contributed by atoms with Crippen LogP contribution in [-0.4, -0.2) is 50.7 Å². The maximum atomic E-state index is 12.7. The first-order chi connectivity index (χ1) is 13.9. The van der Waals surface area contributed by atoms with Crippen LogP contribution in [0, 0.1) is 6.92 Å². The maximum absolute atomic E-state index is 12.7. The van der Waals surface area contributed by atoms with Crippen molar-refractivity contribution in [2.45, 2.75) is 60.3 Å². The van der Waals surface area contributed by atoms with E-state index >= 15 is 0 Å². The molecule has 1 amide bonds. The van der Waals surface area contributed by atoms with Gasteiger partial charge in [0.2, 0.25) is 0 Å². The quantitative estimate of drug-likeness (QED) is 0.473.